The van der Waals surface area contributed by atoms with Crippen LogP contribution in [0.15, 0.2) is 24.3 Å². The number of aliphatic hydroxyl groups excluding tert-OH is 2. The first kappa shape index (κ1) is 14.8. The molecule has 5 heteroatoms. The first-order chi connectivity index (χ1) is 8.76. The third kappa shape index (κ3) is 5.86. The van der Waals surface area contributed by atoms with E-state index in [2.05, 4.69) is 5.32 Å². The molecule has 3 N–H and O–H groups in total. The number of aliphatic hydroxyl groups is 2. The molecule has 0 saturated heterocycles. The summed E-state index contributed by atoms with van der Waals surface area (Å²) >= 11 is 0. The van der Waals surface area contributed by atoms with Crippen molar-refractivity contribution in [3.05, 3.63) is 24.3 Å². The highest BCUT2D eigenvalue weighted by Gasteiger charge is 2.01. The molecule has 1 unspecified atom stereocenters. The summed E-state index contributed by atoms with van der Waals surface area (Å²) in [6, 6.07) is 7.42. The van der Waals surface area contributed by atoms with E-state index in [9.17, 15) is 5.11 Å². The Morgan fingerprint density at radius 1 is 1.22 bits per heavy atom. The first-order valence-corrected chi connectivity index (χ1v) is 6.09. The van der Waals surface area contributed by atoms with Crippen LogP contribution in [0.3, 0.4) is 0 Å². The molecule has 5 nitrogen and oxygen atoms in total. The average molecular weight is 255 g/mol. The summed E-state index contributed by atoms with van der Waals surface area (Å²) in [6.45, 7) is 3.83. The second-order valence-electron chi connectivity index (χ2n) is 3.79. The van der Waals surface area contributed by atoms with Crippen LogP contribution in [0.4, 0.5) is 5.69 Å². The van der Waals surface area contributed by atoms with E-state index >= 15 is 0 Å². The average Bonchev–Trinajstić information content (AvgIpc) is 2.42. The molecule has 0 bridgehead atoms. The predicted molar refractivity (Wildman–Crippen MR) is 70.0 cm³/mol. The monoisotopic (exact) mass is 255 g/mol. The standard InChI is InChI=1S/C13H21NO4/c1-2-17-7-8-18-13-5-3-11(4-6-13)14-9-12(16)10-15/h3-6,12,14-16H,2,7-10H2,1H3. The van der Waals surface area contributed by atoms with E-state index in [1.54, 1.807) is 0 Å². The Morgan fingerprint density at radius 3 is 2.56 bits per heavy atom. The van der Waals surface area contributed by atoms with Gasteiger partial charge in [0.25, 0.3) is 0 Å². The van der Waals surface area contributed by atoms with Crippen LogP contribution in [0, 0.1) is 0 Å². The Balaban J connectivity index is 2.28. The molecule has 1 rings (SSSR count). The van der Waals surface area contributed by atoms with Crippen LogP contribution in [0.2, 0.25) is 0 Å². The lowest BCUT2D eigenvalue weighted by Crippen LogP contribution is -2.22. The van der Waals surface area contributed by atoms with Crippen LogP contribution in [0.5, 0.6) is 5.75 Å². The maximum absolute atomic E-state index is 9.19. The van der Waals surface area contributed by atoms with E-state index in [0.717, 1.165) is 11.4 Å². The van der Waals surface area contributed by atoms with Gasteiger partial charge in [-0.25, -0.2) is 0 Å². The SMILES string of the molecule is CCOCCOc1ccc(NCC(O)CO)cc1. The van der Waals surface area contributed by atoms with Gasteiger partial charge < -0.3 is 25.0 Å². The Kier molecular flexibility index (Phi) is 7.17. The van der Waals surface area contributed by atoms with Crippen molar-refractivity contribution in [3.8, 4) is 5.75 Å². The van der Waals surface area contributed by atoms with E-state index in [4.69, 9.17) is 14.6 Å². The smallest absolute Gasteiger partial charge is 0.119 e. The second-order valence-corrected chi connectivity index (χ2v) is 3.79. The number of anilines is 1. The highest BCUT2D eigenvalue weighted by Crippen LogP contribution is 2.15. The zero-order valence-electron chi connectivity index (χ0n) is 10.6. The van der Waals surface area contributed by atoms with Crippen molar-refractivity contribution in [2.24, 2.45) is 0 Å². The molecular formula is C13H21NO4. The van der Waals surface area contributed by atoms with E-state index in [1.807, 2.05) is 31.2 Å². The van der Waals surface area contributed by atoms with Gasteiger partial charge in [-0.3, -0.25) is 0 Å². The zero-order chi connectivity index (χ0) is 13.2. The molecule has 18 heavy (non-hydrogen) atoms. The number of hydrogen-bond donors (Lipinski definition) is 3. The molecule has 0 spiro atoms. The topological polar surface area (TPSA) is 71.0 Å². The molecule has 0 aromatic heterocycles. The highest BCUT2D eigenvalue weighted by molar-refractivity contribution is 5.46. The van der Waals surface area contributed by atoms with Crippen LogP contribution in [-0.4, -0.2) is 49.3 Å². The number of ether oxygens (including phenoxy) is 2. The van der Waals surface area contributed by atoms with Crippen molar-refractivity contribution < 1.29 is 19.7 Å². The van der Waals surface area contributed by atoms with Gasteiger partial charge in [-0.05, 0) is 31.2 Å². The molecule has 0 radical (unpaired) electrons. The Labute approximate surface area is 107 Å². The summed E-state index contributed by atoms with van der Waals surface area (Å²) < 4.78 is 10.6. The maximum Gasteiger partial charge on any atom is 0.119 e. The first-order valence-electron chi connectivity index (χ1n) is 6.09. The summed E-state index contributed by atoms with van der Waals surface area (Å²) in [5.41, 5.74) is 0.875. The zero-order valence-corrected chi connectivity index (χ0v) is 10.6. The summed E-state index contributed by atoms with van der Waals surface area (Å²) in [6.07, 6.45) is -0.743. The van der Waals surface area contributed by atoms with Crippen LogP contribution >= 0.6 is 0 Å². The van der Waals surface area contributed by atoms with E-state index in [-0.39, 0.29) is 6.61 Å². The molecule has 0 aliphatic carbocycles. The molecule has 0 aliphatic heterocycles. The van der Waals surface area contributed by atoms with Crippen LogP contribution < -0.4 is 10.1 Å². The van der Waals surface area contributed by atoms with Crippen LogP contribution in [0.25, 0.3) is 0 Å². The Morgan fingerprint density at radius 2 is 1.94 bits per heavy atom. The summed E-state index contributed by atoms with van der Waals surface area (Å²) in [7, 11) is 0. The molecule has 0 aliphatic rings. The van der Waals surface area contributed by atoms with E-state index < -0.39 is 6.10 Å². The normalized spacial score (nSPS) is 12.2. The lowest BCUT2D eigenvalue weighted by molar-refractivity contribution is 0.105. The Bertz CT molecular complexity index is 315. The Hall–Kier alpha value is -1.30. The number of rotatable bonds is 9. The largest absolute Gasteiger partial charge is 0.491 e. The fourth-order valence-corrected chi connectivity index (χ4v) is 1.33. The second kappa shape index (κ2) is 8.74. The number of hydrogen-bond acceptors (Lipinski definition) is 5. The van der Waals surface area contributed by atoms with E-state index in [1.165, 1.54) is 0 Å². The van der Waals surface area contributed by atoms with Crippen molar-refractivity contribution in [2.75, 3.05) is 38.3 Å². The fraction of sp³-hybridized carbons (Fsp3) is 0.538. The summed E-state index contributed by atoms with van der Waals surface area (Å²) in [5.74, 6) is 0.781. The molecule has 1 aromatic rings. The van der Waals surface area contributed by atoms with Gasteiger partial charge in [0, 0.05) is 18.8 Å². The molecule has 0 saturated carbocycles. The maximum atomic E-state index is 9.19. The molecule has 0 heterocycles. The van der Waals surface area contributed by atoms with Crippen LogP contribution in [0.1, 0.15) is 6.92 Å². The van der Waals surface area contributed by atoms with Gasteiger partial charge in [-0.15, -0.1) is 0 Å². The molecule has 0 amide bonds. The van der Waals surface area contributed by atoms with Gasteiger partial charge in [-0.2, -0.15) is 0 Å². The quantitative estimate of drug-likeness (QED) is 0.571. The molecule has 0 fully saturated rings. The lowest BCUT2D eigenvalue weighted by atomic mass is 10.3. The minimum Gasteiger partial charge on any atom is -0.491 e. The fourth-order valence-electron chi connectivity index (χ4n) is 1.33. The number of benzene rings is 1. The van der Waals surface area contributed by atoms with Crippen LogP contribution in [-0.2, 0) is 4.74 Å². The lowest BCUT2D eigenvalue weighted by Gasteiger charge is -2.11. The van der Waals surface area contributed by atoms with E-state index in [0.29, 0.717) is 26.4 Å². The minimum atomic E-state index is -0.743. The van der Waals surface area contributed by atoms with Gasteiger partial charge in [0.15, 0.2) is 0 Å². The third-order valence-corrected chi connectivity index (χ3v) is 2.31. The van der Waals surface area contributed by atoms with Gasteiger partial charge in [0.2, 0.25) is 0 Å². The van der Waals surface area contributed by atoms with Crippen molar-refractivity contribution in [1.82, 2.24) is 0 Å². The van der Waals surface area contributed by atoms with Gasteiger partial charge in [0.1, 0.15) is 12.4 Å². The molecule has 1 aromatic carbocycles. The predicted octanol–water partition coefficient (Wildman–Crippen LogP) is 0.867. The molecule has 102 valence electrons. The van der Waals surface area contributed by atoms with Crippen molar-refractivity contribution in [3.63, 3.8) is 0 Å². The number of nitrogens with one attached hydrogen (secondary N) is 1. The third-order valence-electron chi connectivity index (χ3n) is 2.31. The van der Waals surface area contributed by atoms with Gasteiger partial charge >= 0.3 is 0 Å². The van der Waals surface area contributed by atoms with Gasteiger partial charge in [0.05, 0.1) is 19.3 Å². The summed E-state index contributed by atoms with van der Waals surface area (Å²) in [4.78, 5) is 0. The minimum absolute atomic E-state index is 0.244. The molecule has 1 atom stereocenters. The van der Waals surface area contributed by atoms with Crippen molar-refractivity contribution in [2.45, 2.75) is 13.0 Å². The van der Waals surface area contributed by atoms with Crippen molar-refractivity contribution in [1.29, 1.82) is 0 Å². The highest BCUT2D eigenvalue weighted by atomic mass is 16.5. The van der Waals surface area contributed by atoms with Gasteiger partial charge in [-0.1, -0.05) is 0 Å². The van der Waals surface area contributed by atoms with Crippen molar-refractivity contribution >= 4 is 5.69 Å². The molecular weight excluding hydrogens is 234 g/mol. The summed E-state index contributed by atoms with van der Waals surface area (Å²) in [5, 5.41) is 20.9.